The monoisotopic (exact) mass is 426 g/mol. The first-order chi connectivity index (χ1) is 10.4. The molecule has 0 aromatic heterocycles. The number of halogens is 1. The van der Waals surface area contributed by atoms with Crippen LogP contribution in [0.4, 0.5) is 0 Å². The van der Waals surface area contributed by atoms with Crippen molar-refractivity contribution in [3.8, 4) is 0 Å². The van der Waals surface area contributed by atoms with Gasteiger partial charge in [0.25, 0.3) is 0 Å². The van der Waals surface area contributed by atoms with E-state index < -0.39 is 12.2 Å². The summed E-state index contributed by atoms with van der Waals surface area (Å²) in [5.74, 6) is -0.205. The molecule has 2 aliphatic rings. The van der Waals surface area contributed by atoms with Crippen LogP contribution in [0.25, 0.3) is 0 Å². The normalized spacial score (nSPS) is 40.4. The van der Waals surface area contributed by atoms with Gasteiger partial charge in [-0.05, 0) is 26.7 Å². The first kappa shape index (κ1) is 18.4. The number of aliphatic hydroxyl groups excluding tert-OH is 1. The summed E-state index contributed by atoms with van der Waals surface area (Å²) < 4.78 is 17.3. The van der Waals surface area contributed by atoms with Crippen LogP contribution in [0.15, 0.2) is 0 Å². The second kappa shape index (κ2) is 8.26. The molecule has 0 aliphatic carbocycles. The standard InChI is InChI=1S/C16H27IO5/c1-4-20-14-7-11-5-6-13(21-11)9(2)12(18)8-15(14)22-16(19)10(3)17/h9-15,18H,4-8H2,1-3H3/t9-,10+,11?,12-,13?,14+,15+/m1/s1. The summed E-state index contributed by atoms with van der Waals surface area (Å²) in [6.45, 7) is 6.31. The van der Waals surface area contributed by atoms with Crippen molar-refractivity contribution >= 4 is 28.6 Å². The van der Waals surface area contributed by atoms with Crippen molar-refractivity contribution in [1.29, 1.82) is 0 Å². The Hall–Kier alpha value is 0.0800. The molecule has 2 aliphatic heterocycles. The zero-order chi connectivity index (χ0) is 16.3. The molecule has 0 spiro atoms. The summed E-state index contributed by atoms with van der Waals surface area (Å²) in [4.78, 5) is 12.0. The minimum absolute atomic E-state index is 0.0450. The number of carbonyl (C=O) groups excluding carboxylic acids is 1. The van der Waals surface area contributed by atoms with E-state index in [0.717, 1.165) is 19.3 Å². The highest BCUT2D eigenvalue weighted by Gasteiger charge is 2.41. The molecule has 2 unspecified atom stereocenters. The zero-order valence-corrected chi connectivity index (χ0v) is 15.7. The molecule has 128 valence electrons. The van der Waals surface area contributed by atoms with Crippen LogP contribution < -0.4 is 0 Å². The molecular weight excluding hydrogens is 399 g/mol. The van der Waals surface area contributed by atoms with Gasteiger partial charge in [0, 0.05) is 25.4 Å². The second-order valence-corrected chi connectivity index (χ2v) is 8.23. The quantitative estimate of drug-likeness (QED) is 0.425. The number of ether oxygens (including phenoxy) is 3. The van der Waals surface area contributed by atoms with E-state index in [9.17, 15) is 9.90 Å². The van der Waals surface area contributed by atoms with Crippen molar-refractivity contribution in [2.45, 2.75) is 80.9 Å². The minimum Gasteiger partial charge on any atom is -0.459 e. The van der Waals surface area contributed by atoms with Crippen LogP contribution in [0.1, 0.15) is 46.5 Å². The third kappa shape index (κ3) is 4.55. The van der Waals surface area contributed by atoms with E-state index in [0.29, 0.717) is 13.0 Å². The molecule has 0 aromatic rings. The predicted octanol–water partition coefficient (Wildman–Crippen LogP) is 2.47. The van der Waals surface area contributed by atoms with E-state index in [-0.39, 0.29) is 34.1 Å². The average molecular weight is 426 g/mol. The lowest BCUT2D eigenvalue weighted by Crippen LogP contribution is -2.40. The molecule has 0 aromatic carbocycles. The molecule has 2 fully saturated rings. The molecule has 1 N–H and O–H groups in total. The topological polar surface area (TPSA) is 65.0 Å². The molecule has 2 heterocycles. The summed E-state index contributed by atoms with van der Waals surface area (Å²) in [6.07, 6.45) is 2.15. The lowest BCUT2D eigenvalue weighted by Gasteiger charge is -2.30. The van der Waals surface area contributed by atoms with Gasteiger partial charge in [-0.3, -0.25) is 4.79 Å². The minimum atomic E-state index is -0.549. The van der Waals surface area contributed by atoms with Gasteiger partial charge in [0.2, 0.25) is 0 Å². The number of fused-ring (bicyclic) bond motifs is 2. The lowest BCUT2D eigenvalue weighted by molar-refractivity contribution is -0.160. The van der Waals surface area contributed by atoms with Crippen LogP contribution in [0.2, 0.25) is 0 Å². The Morgan fingerprint density at radius 2 is 2.09 bits per heavy atom. The van der Waals surface area contributed by atoms with E-state index in [4.69, 9.17) is 14.2 Å². The number of hydrogen-bond donors (Lipinski definition) is 1. The fourth-order valence-corrected chi connectivity index (χ4v) is 3.46. The summed E-state index contributed by atoms with van der Waals surface area (Å²) in [5.41, 5.74) is 0. The van der Waals surface area contributed by atoms with Crippen LogP contribution in [-0.2, 0) is 19.0 Å². The maximum Gasteiger partial charge on any atom is 0.318 e. The Kier molecular flexibility index (Phi) is 6.91. The van der Waals surface area contributed by atoms with Crippen LogP contribution in [0, 0.1) is 5.92 Å². The van der Waals surface area contributed by atoms with Crippen molar-refractivity contribution in [1.82, 2.24) is 0 Å². The fraction of sp³-hybridized carbons (Fsp3) is 0.938. The van der Waals surface area contributed by atoms with Crippen LogP contribution in [0.5, 0.6) is 0 Å². The third-order valence-corrected chi connectivity index (χ3v) is 5.20. The highest BCUT2D eigenvalue weighted by molar-refractivity contribution is 14.1. The zero-order valence-electron chi connectivity index (χ0n) is 13.5. The largest absolute Gasteiger partial charge is 0.459 e. The molecular formula is C16H27IO5. The number of aliphatic hydroxyl groups is 1. The Morgan fingerprint density at radius 1 is 1.36 bits per heavy atom. The Labute approximate surface area is 146 Å². The van der Waals surface area contributed by atoms with Gasteiger partial charge in [-0.25, -0.2) is 0 Å². The van der Waals surface area contributed by atoms with Crippen molar-refractivity contribution in [2.75, 3.05) is 6.61 Å². The van der Waals surface area contributed by atoms with Gasteiger partial charge in [-0.15, -0.1) is 0 Å². The van der Waals surface area contributed by atoms with E-state index in [2.05, 4.69) is 0 Å². The molecule has 0 amide bonds. The molecule has 2 bridgehead atoms. The predicted molar refractivity (Wildman–Crippen MR) is 91.1 cm³/mol. The summed E-state index contributed by atoms with van der Waals surface area (Å²) in [6, 6.07) is 0. The lowest BCUT2D eigenvalue weighted by atomic mass is 9.88. The number of carbonyl (C=O) groups is 1. The second-order valence-electron chi connectivity index (χ2n) is 6.36. The van der Waals surface area contributed by atoms with Gasteiger partial charge in [0.1, 0.15) is 10.0 Å². The van der Waals surface area contributed by atoms with Gasteiger partial charge in [-0.1, -0.05) is 29.5 Å². The first-order valence-electron chi connectivity index (χ1n) is 8.22. The molecule has 5 nitrogen and oxygen atoms in total. The maximum atomic E-state index is 12.0. The molecule has 6 heteroatoms. The first-order valence-corrected chi connectivity index (χ1v) is 9.46. The summed E-state index contributed by atoms with van der Waals surface area (Å²) in [5, 5.41) is 10.5. The smallest absolute Gasteiger partial charge is 0.318 e. The van der Waals surface area contributed by atoms with E-state index in [1.54, 1.807) is 6.92 Å². The molecule has 0 radical (unpaired) electrons. The van der Waals surface area contributed by atoms with Crippen LogP contribution in [-0.4, -0.2) is 52.1 Å². The molecule has 2 saturated heterocycles. The van der Waals surface area contributed by atoms with Crippen molar-refractivity contribution in [2.24, 2.45) is 5.92 Å². The van der Waals surface area contributed by atoms with E-state index in [1.807, 2.05) is 36.4 Å². The van der Waals surface area contributed by atoms with E-state index in [1.165, 1.54) is 0 Å². The summed E-state index contributed by atoms with van der Waals surface area (Å²) >= 11 is 2.04. The Morgan fingerprint density at radius 3 is 2.73 bits per heavy atom. The maximum absolute atomic E-state index is 12.0. The van der Waals surface area contributed by atoms with Gasteiger partial charge >= 0.3 is 5.97 Å². The highest BCUT2D eigenvalue weighted by Crippen LogP contribution is 2.35. The molecule has 0 saturated carbocycles. The average Bonchev–Trinajstić information content (AvgIpc) is 2.93. The molecule has 22 heavy (non-hydrogen) atoms. The molecule has 2 rings (SSSR count). The number of alkyl halides is 1. The highest BCUT2D eigenvalue weighted by atomic mass is 127. The van der Waals surface area contributed by atoms with Gasteiger partial charge in [0.05, 0.1) is 24.4 Å². The van der Waals surface area contributed by atoms with E-state index >= 15 is 0 Å². The van der Waals surface area contributed by atoms with Crippen LogP contribution >= 0.6 is 22.6 Å². The van der Waals surface area contributed by atoms with Gasteiger partial charge in [-0.2, -0.15) is 0 Å². The Balaban J connectivity index is 2.16. The van der Waals surface area contributed by atoms with Gasteiger partial charge < -0.3 is 19.3 Å². The SMILES string of the molecule is CCO[C@H]1CC2CCC(O2)[C@H](C)[C@H](O)C[C@@H]1OC(=O)[C@H](C)I. The number of rotatable bonds is 4. The van der Waals surface area contributed by atoms with Crippen molar-refractivity contribution < 1.29 is 24.1 Å². The van der Waals surface area contributed by atoms with Gasteiger partial charge in [0.15, 0.2) is 0 Å². The van der Waals surface area contributed by atoms with Crippen molar-refractivity contribution in [3.05, 3.63) is 0 Å². The molecule has 7 atom stereocenters. The number of esters is 1. The fourth-order valence-electron chi connectivity index (χ4n) is 3.31. The summed E-state index contributed by atoms with van der Waals surface area (Å²) in [7, 11) is 0. The number of hydrogen-bond acceptors (Lipinski definition) is 5. The van der Waals surface area contributed by atoms with Crippen LogP contribution in [0.3, 0.4) is 0 Å². The Bertz CT molecular complexity index is 376. The van der Waals surface area contributed by atoms with Crippen molar-refractivity contribution in [3.63, 3.8) is 0 Å². The third-order valence-electron chi connectivity index (χ3n) is 4.69.